The van der Waals surface area contributed by atoms with Gasteiger partial charge in [0.05, 0.1) is 5.75 Å². The maximum Gasteiger partial charge on any atom is 0.212 e. The van der Waals surface area contributed by atoms with Crippen LogP contribution in [0.3, 0.4) is 0 Å². The highest BCUT2D eigenvalue weighted by molar-refractivity contribution is 8.00. The molecule has 0 aromatic heterocycles. The van der Waals surface area contributed by atoms with Crippen molar-refractivity contribution in [2.24, 2.45) is 0 Å². The molecule has 1 aliphatic heterocycles. The summed E-state index contributed by atoms with van der Waals surface area (Å²) in [4.78, 5) is 3.13. The molecule has 1 fully saturated rings. The molecule has 1 heterocycles. The van der Waals surface area contributed by atoms with Crippen molar-refractivity contribution in [2.45, 2.75) is 17.4 Å². The molecule has 0 bridgehead atoms. The number of sulfonamides is 1. The second-order valence-corrected chi connectivity index (χ2v) is 8.15. The molecule has 1 aliphatic rings. The molecule has 0 aliphatic carbocycles. The third-order valence-corrected chi connectivity index (χ3v) is 5.90. The Morgan fingerprint density at radius 1 is 1.50 bits per heavy atom. The van der Waals surface area contributed by atoms with Gasteiger partial charge < -0.3 is 10.6 Å². The number of likely N-dealkylation sites (tertiary alicyclic amines) is 1. The van der Waals surface area contributed by atoms with Gasteiger partial charge in [-0.25, -0.2) is 13.1 Å². The third-order valence-electron chi connectivity index (χ3n) is 3.22. The summed E-state index contributed by atoms with van der Waals surface area (Å²) in [6, 6.07) is 7.55. The van der Waals surface area contributed by atoms with Crippen LogP contribution >= 0.6 is 11.8 Å². The lowest BCUT2D eigenvalue weighted by Gasteiger charge is -2.13. The average Bonchev–Trinajstić information content (AvgIpc) is 2.73. The molecule has 1 aromatic carbocycles. The first-order chi connectivity index (χ1) is 9.44. The Balaban J connectivity index is 1.77. The average molecular weight is 315 g/mol. The first-order valence-electron chi connectivity index (χ1n) is 6.61. The van der Waals surface area contributed by atoms with Crippen molar-refractivity contribution in [3.63, 3.8) is 0 Å². The highest BCUT2D eigenvalue weighted by Gasteiger charge is 2.23. The highest BCUT2D eigenvalue weighted by Crippen LogP contribution is 2.20. The van der Waals surface area contributed by atoms with Gasteiger partial charge in [-0.3, -0.25) is 0 Å². The minimum Gasteiger partial charge on any atom is -0.399 e. The van der Waals surface area contributed by atoms with Crippen LogP contribution in [0, 0.1) is 0 Å². The van der Waals surface area contributed by atoms with E-state index in [0.717, 1.165) is 24.4 Å². The number of hydrogen-bond donors (Lipinski definition) is 2. The standard InChI is InChI=1S/C13H21N3O2S2/c1-16-6-5-12(10-16)15-20(17,18)8-7-19-13-4-2-3-11(14)9-13/h2-4,9,12,15H,5-8,10,14H2,1H3. The van der Waals surface area contributed by atoms with Crippen molar-refractivity contribution in [3.05, 3.63) is 24.3 Å². The zero-order chi connectivity index (χ0) is 14.6. The lowest BCUT2D eigenvalue weighted by Crippen LogP contribution is -2.38. The third kappa shape index (κ3) is 4.97. The van der Waals surface area contributed by atoms with Crippen LogP contribution in [0.1, 0.15) is 6.42 Å². The van der Waals surface area contributed by atoms with Gasteiger partial charge in [-0.15, -0.1) is 11.8 Å². The predicted molar refractivity (Wildman–Crippen MR) is 84.4 cm³/mol. The molecule has 0 saturated carbocycles. The van der Waals surface area contributed by atoms with Gasteiger partial charge in [-0.05, 0) is 38.2 Å². The number of thioether (sulfide) groups is 1. The van der Waals surface area contributed by atoms with Crippen molar-refractivity contribution < 1.29 is 8.42 Å². The summed E-state index contributed by atoms with van der Waals surface area (Å²) in [5.74, 6) is 0.661. The van der Waals surface area contributed by atoms with Gasteiger partial charge in [0.1, 0.15) is 0 Å². The van der Waals surface area contributed by atoms with E-state index in [1.54, 1.807) is 0 Å². The predicted octanol–water partition coefficient (Wildman–Crippen LogP) is 0.984. The van der Waals surface area contributed by atoms with E-state index >= 15 is 0 Å². The maximum absolute atomic E-state index is 12.0. The summed E-state index contributed by atoms with van der Waals surface area (Å²) in [7, 11) is -1.19. The van der Waals surface area contributed by atoms with E-state index in [4.69, 9.17) is 5.73 Å². The van der Waals surface area contributed by atoms with E-state index in [-0.39, 0.29) is 11.8 Å². The van der Waals surface area contributed by atoms with E-state index in [2.05, 4.69) is 9.62 Å². The van der Waals surface area contributed by atoms with E-state index < -0.39 is 10.0 Å². The molecular weight excluding hydrogens is 294 g/mol. The quantitative estimate of drug-likeness (QED) is 0.605. The fourth-order valence-electron chi connectivity index (χ4n) is 2.22. The molecule has 0 amide bonds. The van der Waals surface area contributed by atoms with Crippen molar-refractivity contribution in [3.8, 4) is 0 Å². The maximum atomic E-state index is 12.0. The molecule has 112 valence electrons. The molecule has 0 spiro atoms. The molecular formula is C13H21N3O2S2. The number of rotatable bonds is 6. The Kier molecular flexibility index (Phi) is 5.31. The Morgan fingerprint density at radius 3 is 2.95 bits per heavy atom. The molecule has 5 nitrogen and oxygen atoms in total. The lowest BCUT2D eigenvalue weighted by molar-refractivity contribution is 0.407. The fraction of sp³-hybridized carbons (Fsp3) is 0.538. The first kappa shape index (κ1) is 15.6. The molecule has 2 rings (SSSR count). The monoisotopic (exact) mass is 315 g/mol. The number of hydrogen-bond acceptors (Lipinski definition) is 5. The topological polar surface area (TPSA) is 75.4 Å². The fourth-order valence-corrected chi connectivity index (χ4v) is 4.88. The number of nitrogens with two attached hydrogens (primary N) is 1. The Morgan fingerprint density at radius 2 is 2.30 bits per heavy atom. The van der Waals surface area contributed by atoms with Crippen LogP contribution in [-0.2, 0) is 10.0 Å². The van der Waals surface area contributed by atoms with Gasteiger partial charge in [0.15, 0.2) is 0 Å². The van der Waals surface area contributed by atoms with Crippen molar-refractivity contribution in [2.75, 3.05) is 37.4 Å². The Labute approximate surface area is 125 Å². The number of anilines is 1. The van der Waals surface area contributed by atoms with Gasteiger partial charge in [0.2, 0.25) is 10.0 Å². The van der Waals surface area contributed by atoms with Crippen LogP contribution in [0.25, 0.3) is 0 Å². The van der Waals surface area contributed by atoms with Crippen LogP contribution in [0.5, 0.6) is 0 Å². The summed E-state index contributed by atoms with van der Waals surface area (Å²) in [6.07, 6.45) is 0.887. The summed E-state index contributed by atoms with van der Waals surface area (Å²) in [5, 5.41) is 0. The molecule has 1 aromatic rings. The smallest absolute Gasteiger partial charge is 0.212 e. The van der Waals surface area contributed by atoms with Gasteiger partial charge in [0.25, 0.3) is 0 Å². The first-order valence-corrected chi connectivity index (χ1v) is 9.25. The van der Waals surface area contributed by atoms with Crippen LogP contribution in [0.15, 0.2) is 29.2 Å². The number of nitrogens with zero attached hydrogens (tertiary/aromatic N) is 1. The van der Waals surface area contributed by atoms with Crippen LogP contribution in [0.4, 0.5) is 5.69 Å². The van der Waals surface area contributed by atoms with E-state index in [9.17, 15) is 8.42 Å². The zero-order valence-corrected chi connectivity index (χ0v) is 13.2. The van der Waals surface area contributed by atoms with Gasteiger partial charge in [-0.1, -0.05) is 6.07 Å². The molecule has 7 heteroatoms. The molecule has 1 atom stereocenters. The van der Waals surface area contributed by atoms with Crippen molar-refractivity contribution >= 4 is 27.5 Å². The van der Waals surface area contributed by atoms with Crippen molar-refractivity contribution in [1.82, 2.24) is 9.62 Å². The van der Waals surface area contributed by atoms with Crippen LogP contribution in [-0.4, -0.2) is 51.0 Å². The molecule has 3 N–H and O–H groups in total. The molecule has 20 heavy (non-hydrogen) atoms. The van der Waals surface area contributed by atoms with Gasteiger partial charge >= 0.3 is 0 Å². The number of benzene rings is 1. The second-order valence-electron chi connectivity index (χ2n) is 5.11. The lowest BCUT2D eigenvalue weighted by atomic mass is 10.3. The molecule has 1 unspecified atom stereocenters. The minimum absolute atomic E-state index is 0.0577. The molecule has 0 radical (unpaired) electrons. The van der Waals surface area contributed by atoms with E-state index in [0.29, 0.717) is 11.4 Å². The summed E-state index contributed by atoms with van der Waals surface area (Å²) in [5.41, 5.74) is 6.39. The van der Waals surface area contributed by atoms with Crippen LogP contribution < -0.4 is 10.5 Å². The van der Waals surface area contributed by atoms with Crippen molar-refractivity contribution in [1.29, 1.82) is 0 Å². The Hall–Kier alpha value is -0.760. The summed E-state index contributed by atoms with van der Waals surface area (Å²) >= 11 is 1.51. The number of nitrogen functional groups attached to an aromatic ring is 1. The van der Waals surface area contributed by atoms with Gasteiger partial charge in [0, 0.05) is 28.9 Å². The number of likely N-dealkylation sites (N-methyl/N-ethyl adjacent to an activating group) is 1. The van der Waals surface area contributed by atoms with Gasteiger partial charge in [-0.2, -0.15) is 0 Å². The normalized spacial score (nSPS) is 20.4. The summed E-state index contributed by atoms with van der Waals surface area (Å²) < 4.78 is 26.7. The molecule has 1 saturated heterocycles. The minimum atomic E-state index is -3.20. The Bertz CT molecular complexity index is 548. The largest absolute Gasteiger partial charge is 0.399 e. The van der Waals surface area contributed by atoms with E-state index in [1.165, 1.54) is 11.8 Å². The zero-order valence-electron chi connectivity index (χ0n) is 11.6. The van der Waals surface area contributed by atoms with Crippen LogP contribution in [0.2, 0.25) is 0 Å². The highest BCUT2D eigenvalue weighted by atomic mass is 32.2. The van der Waals surface area contributed by atoms with E-state index in [1.807, 2.05) is 31.3 Å². The summed E-state index contributed by atoms with van der Waals surface area (Å²) in [6.45, 7) is 1.74. The second kappa shape index (κ2) is 6.80. The number of nitrogens with one attached hydrogen (secondary N) is 1. The SMILES string of the molecule is CN1CCC(NS(=O)(=O)CCSc2cccc(N)c2)C1.